The standard InChI is InChI=1S/C12H16N4O11P2/c17-8-6-3-25-29(22,23)27-28(20,21)24-2-1-15-4-14-10-7(11(15)19)13-5-16(10)12(26-6)9(8)18/h4-6,8-9,12,17-18H,1-3H2,(H,20,21)(H,22,23)/t6-,8-,9-,12-/m1/s1. The molecule has 0 radical (unpaired) electrons. The highest BCUT2D eigenvalue weighted by Crippen LogP contribution is 2.60. The summed E-state index contributed by atoms with van der Waals surface area (Å²) in [6.45, 7) is -1.55. The van der Waals surface area contributed by atoms with Gasteiger partial charge >= 0.3 is 15.6 Å². The Morgan fingerprint density at radius 2 is 1.79 bits per heavy atom. The highest BCUT2D eigenvalue weighted by Gasteiger charge is 2.46. The number of aliphatic hydroxyl groups is 2. The third-order valence-electron chi connectivity index (χ3n) is 4.36. The monoisotopic (exact) mass is 454 g/mol. The van der Waals surface area contributed by atoms with E-state index in [-0.39, 0.29) is 17.7 Å². The fourth-order valence-corrected chi connectivity index (χ4v) is 5.06. The van der Waals surface area contributed by atoms with Crippen LogP contribution < -0.4 is 5.56 Å². The van der Waals surface area contributed by atoms with Gasteiger partial charge in [0.15, 0.2) is 17.4 Å². The topological polar surface area (TPSA) is 205 Å². The van der Waals surface area contributed by atoms with Crippen LogP contribution in [-0.2, 0) is 33.8 Å². The highest BCUT2D eigenvalue weighted by atomic mass is 31.3. The molecule has 1 saturated heterocycles. The number of fused-ring (bicyclic) bond motifs is 8. The summed E-state index contributed by atoms with van der Waals surface area (Å²) in [5.41, 5.74) is -0.632. The molecule has 1 fully saturated rings. The largest absolute Gasteiger partial charge is 0.481 e. The molecule has 0 saturated carbocycles. The molecule has 3 aliphatic heterocycles. The molecule has 15 nitrogen and oxygen atoms in total. The molecule has 2 unspecified atom stereocenters. The number of hydrogen-bond acceptors (Lipinski definition) is 11. The van der Waals surface area contributed by atoms with Crippen molar-refractivity contribution >= 4 is 26.8 Å². The van der Waals surface area contributed by atoms with E-state index in [2.05, 4.69) is 23.3 Å². The minimum absolute atomic E-state index is 0.0565. The van der Waals surface area contributed by atoms with Gasteiger partial charge in [-0.3, -0.25) is 23.0 Å². The maximum absolute atomic E-state index is 12.5. The number of phosphoric ester groups is 2. The first kappa shape index (κ1) is 20.8. The smallest absolute Gasteiger partial charge is 0.387 e. The number of hydrogen-bond donors (Lipinski definition) is 4. The predicted octanol–water partition coefficient (Wildman–Crippen LogP) is -1.52. The van der Waals surface area contributed by atoms with Crippen molar-refractivity contribution in [2.45, 2.75) is 31.1 Å². The minimum atomic E-state index is -5.09. The Hall–Kier alpha value is -1.51. The minimum Gasteiger partial charge on any atom is -0.387 e. The summed E-state index contributed by atoms with van der Waals surface area (Å²) in [6, 6.07) is 0. The summed E-state index contributed by atoms with van der Waals surface area (Å²) in [7, 11) is -10.1. The zero-order chi connectivity index (χ0) is 21.0. The van der Waals surface area contributed by atoms with Gasteiger partial charge in [0.05, 0.1) is 26.1 Å². The van der Waals surface area contributed by atoms with Crippen LogP contribution in [0.15, 0.2) is 17.4 Å². The number of aromatic nitrogens is 4. The van der Waals surface area contributed by atoms with Crippen molar-refractivity contribution in [3.05, 3.63) is 23.0 Å². The quantitative estimate of drug-likeness (QED) is 0.334. The molecule has 2 aromatic heterocycles. The summed E-state index contributed by atoms with van der Waals surface area (Å²) in [5, 5.41) is 20.5. The van der Waals surface area contributed by atoms with Crippen molar-refractivity contribution in [3.63, 3.8) is 0 Å². The summed E-state index contributed by atoms with van der Waals surface area (Å²) >= 11 is 0. The van der Waals surface area contributed by atoms with Crippen LogP contribution in [0.2, 0.25) is 0 Å². The molecule has 0 aliphatic carbocycles. The zero-order valence-electron chi connectivity index (χ0n) is 14.4. The molecule has 0 amide bonds. The van der Waals surface area contributed by atoms with E-state index >= 15 is 0 Å². The van der Waals surface area contributed by atoms with E-state index in [1.807, 2.05) is 0 Å². The SMILES string of the molecule is O=c1c2ncn3c2ncn1CCOP(=O)(O)OP(=O)(O)OC[C@H]1O[C@@H]3[C@H](O)[C@@H]1O. The first-order valence-electron chi connectivity index (χ1n) is 8.17. The number of imidazole rings is 1. The first-order chi connectivity index (χ1) is 13.6. The van der Waals surface area contributed by atoms with Crippen LogP contribution in [0.3, 0.4) is 0 Å². The molecule has 2 aromatic rings. The van der Waals surface area contributed by atoms with Crippen molar-refractivity contribution in [2.75, 3.05) is 13.2 Å². The van der Waals surface area contributed by atoms with Gasteiger partial charge in [0.1, 0.15) is 24.6 Å². The maximum atomic E-state index is 12.5. The van der Waals surface area contributed by atoms with E-state index < -0.39 is 59.0 Å². The van der Waals surface area contributed by atoms with E-state index in [9.17, 15) is 33.9 Å². The second kappa shape index (κ2) is 7.32. The van der Waals surface area contributed by atoms with E-state index in [0.717, 1.165) is 10.9 Å². The molecule has 29 heavy (non-hydrogen) atoms. The summed E-state index contributed by atoms with van der Waals surface area (Å²) < 4.78 is 44.8. The number of nitrogens with zero attached hydrogens (tertiary/aromatic N) is 4. The third kappa shape index (κ3) is 3.94. The van der Waals surface area contributed by atoms with E-state index in [1.165, 1.54) is 10.9 Å². The lowest BCUT2D eigenvalue weighted by Gasteiger charge is -2.19. The van der Waals surface area contributed by atoms with Crippen molar-refractivity contribution in [2.24, 2.45) is 0 Å². The van der Waals surface area contributed by atoms with E-state index in [1.54, 1.807) is 0 Å². The van der Waals surface area contributed by atoms with Crippen LogP contribution in [0, 0.1) is 0 Å². The lowest BCUT2D eigenvalue weighted by molar-refractivity contribution is -0.0504. The van der Waals surface area contributed by atoms with Gasteiger partial charge in [-0.25, -0.2) is 19.1 Å². The average molecular weight is 454 g/mol. The molecule has 5 rings (SSSR count). The van der Waals surface area contributed by atoms with Crippen molar-refractivity contribution in [1.29, 1.82) is 0 Å². The third-order valence-corrected chi connectivity index (χ3v) is 6.99. The van der Waals surface area contributed by atoms with E-state index in [0.29, 0.717) is 0 Å². The molecular weight excluding hydrogens is 438 g/mol. The second-order valence-corrected chi connectivity index (χ2v) is 9.31. The fourth-order valence-electron chi connectivity index (χ4n) is 2.99. The second-order valence-electron chi connectivity index (χ2n) is 6.26. The summed E-state index contributed by atoms with van der Waals surface area (Å²) in [5.74, 6) is 0. The molecule has 6 atom stereocenters. The Balaban J connectivity index is 1.77. The summed E-state index contributed by atoms with van der Waals surface area (Å²) in [6.07, 6.45) is -3.33. The van der Waals surface area contributed by atoms with Crippen LogP contribution >= 0.6 is 15.6 Å². The first-order valence-corrected chi connectivity index (χ1v) is 11.2. The van der Waals surface area contributed by atoms with Crippen molar-refractivity contribution in [3.8, 4) is 0 Å². The normalized spacial score (nSPS) is 38.8. The van der Waals surface area contributed by atoms with Crippen LogP contribution in [0.5, 0.6) is 0 Å². The molecule has 0 spiro atoms. The number of ether oxygens (including phenoxy) is 1. The molecule has 3 aliphatic rings. The predicted molar refractivity (Wildman–Crippen MR) is 90.4 cm³/mol. The number of rotatable bonds is 0. The number of phosphoric acid groups is 2. The van der Waals surface area contributed by atoms with Crippen LogP contribution in [-0.4, -0.2) is 70.6 Å². The fraction of sp³-hybridized carbons (Fsp3) is 0.583. The van der Waals surface area contributed by atoms with Crippen LogP contribution in [0.4, 0.5) is 0 Å². The Labute approximate surface area is 161 Å². The molecular formula is C12H16N4O11P2. The Kier molecular flexibility index (Phi) is 5.24. The lowest BCUT2D eigenvalue weighted by atomic mass is 10.1. The lowest BCUT2D eigenvalue weighted by Crippen LogP contribution is -2.33. The average Bonchev–Trinajstić information content (AvgIpc) is 3.16. The maximum Gasteiger partial charge on any atom is 0.481 e. The molecule has 6 bridgehead atoms. The number of aliphatic hydroxyl groups excluding tert-OH is 2. The van der Waals surface area contributed by atoms with Gasteiger partial charge in [0, 0.05) is 0 Å². The highest BCUT2D eigenvalue weighted by molar-refractivity contribution is 7.61. The zero-order valence-corrected chi connectivity index (χ0v) is 16.2. The Morgan fingerprint density at radius 1 is 1.07 bits per heavy atom. The van der Waals surface area contributed by atoms with Gasteiger partial charge in [-0.05, 0) is 0 Å². The summed E-state index contributed by atoms with van der Waals surface area (Å²) in [4.78, 5) is 39.8. The Morgan fingerprint density at radius 3 is 2.55 bits per heavy atom. The van der Waals surface area contributed by atoms with Gasteiger partial charge < -0.3 is 24.7 Å². The van der Waals surface area contributed by atoms with Crippen molar-refractivity contribution < 1.29 is 47.2 Å². The van der Waals surface area contributed by atoms with Crippen LogP contribution in [0.1, 0.15) is 6.23 Å². The van der Waals surface area contributed by atoms with Gasteiger partial charge in [0.2, 0.25) is 0 Å². The van der Waals surface area contributed by atoms with Gasteiger partial charge in [0.25, 0.3) is 5.56 Å². The van der Waals surface area contributed by atoms with E-state index in [4.69, 9.17) is 4.74 Å². The molecule has 160 valence electrons. The Bertz CT molecular complexity index is 1090. The van der Waals surface area contributed by atoms with Gasteiger partial charge in [-0.15, -0.1) is 0 Å². The molecule has 0 aromatic carbocycles. The van der Waals surface area contributed by atoms with Gasteiger partial charge in [-0.2, -0.15) is 4.31 Å². The molecule has 4 N–H and O–H groups in total. The molecule has 5 heterocycles. The van der Waals surface area contributed by atoms with Crippen LogP contribution in [0.25, 0.3) is 11.2 Å². The van der Waals surface area contributed by atoms with Crippen molar-refractivity contribution in [1.82, 2.24) is 19.1 Å². The molecule has 17 heteroatoms. The van der Waals surface area contributed by atoms with Gasteiger partial charge in [-0.1, -0.05) is 0 Å².